The highest BCUT2D eigenvalue weighted by Crippen LogP contribution is 2.45. The van der Waals surface area contributed by atoms with E-state index in [0.717, 1.165) is 43.2 Å². The molecule has 2 amide bonds. The zero-order valence-corrected chi connectivity index (χ0v) is 24.9. The first-order valence-corrected chi connectivity index (χ1v) is 15.3. The molecule has 3 aliphatic carbocycles. The van der Waals surface area contributed by atoms with Crippen molar-refractivity contribution >= 4 is 34.3 Å². The fourth-order valence-corrected chi connectivity index (χ4v) is 5.70. The third-order valence-electron chi connectivity index (χ3n) is 8.56. The minimum absolute atomic E-state index is 0.0548. The maximum atomic E-state index is 15.6. The average molecular weight is 660 g/mol. The highest BCUT2D eigenvalue weighted by atomic mass is 35.5. The first-order valence-electron chi connectivity index (χ1n) is 14.9. The summed E-state index contributed by atoms with van der Waals surface area (Å²) in [5.74, 6) is -11.8. The van der Waals surface area contributed by atoms with E-state index in [-0.39, 0.29) is 24.3 Å². The zero-order valence-electron chi connectivity index (χ0n) is 24.1. The van der Waals surface area contributed by atoms with Gasteiger partial charge in [-0.1, -0.05) is 11.6 Å². The average Bonchev–Trinajstić information content (AvgIpc) is 3.87. The molecule has 3 N–H and O–H groups in total. The van der Waals surface area contributed by atoms with Crippen molar-refractivity contribution in [1.29, 1.82) is 0 Å². The Kier molecular flexibility index (Phi) is 7.41. The summed E-state index contributed by atoms with van der Waals surface area (Å²) in [6, 6.07) is 5.90. The minimum atomic E-state index is -4.49. The van der Waals surface area contributed by atoms with Crippen molar-refractivity contribution in [3.05, 3.63) is 75.8 Å². The van der Waals surface area contributed by atoms with Crippen LogP contribution in [0.1, 0.15) is 72.1 Å². The summed E-state index contributed by atoms with van der Waals surface area (Å²) >= 11 is 5.69. The predicted octanol–water partition coefficient (Wildman–Crippen LogP) is 6.55. The van der Waals surface area contributed by atoms with E-state index in [1.165, 1.54) is 0 Å². The lowest BCUT2D eigenvalue weighted by atomic mass is 9.94. The molecule has 0 spiro atoms. The number of halogens is 6. The Morgan fingerprint density at radius 2 is 1.80 bits per heavy atom. The van der Waals surface area contributed by atoms with Crippen LogP contribution in [0.3, 0.4) is 0 Å². The number of hydrogen-bond donors (Lipinski definition) is 2. The zero-order chi connectivity index (χ0) is 32.5. The molecule has 0 aliphatic heterocycles. The van der Waals surface area contributed by atoms with Gasteiger partial charge in [0.05, 0.1) is 17.7 Å². The molecule has 14 heteroatoms. The number of primary amides is 1. The van der Waals surface area contributed by atoms with Gasteiger partial charge in [0, 0.05) is 40.9 Å². The summed E-state index contributed by atoms with van der Waals surface area (Å²) in [6.07, 6.45) is 7.09. The summed E-state index contributed by atoms with van der Waals surface area (Å²) < 4.78 is 82.4. The number of fused-ring (bicyclic) bond motifs is 1. The van der Waals surface area contributed by atoms with Crippen LogP contribution in [0.5, 0.6) is 5.75 Å². The smallest absolute Gasteiger partial charge is 0.352 e. The Labute approximate surface area is 264 Å². The number of pyridine rings is 1. The van der Waals surface area contributed by atoms with Gasteiger partial charge in [-0.2, -0.15) is 13.9 Å². The van der Waals surface area contributed by atoms with Crippen LogP contribution in [0.25, 0.3) is 22.2 Å². The molecule has 0 radical (unpaired) electrons. The van der Waals surface area contributed by atoms with Crippen molar-refractivity contribution < 1.29 is 36.3 Å². The van der Waals surface area contributed by atoms with Crippen LogP contribution in [-0.4, -0.2) is 39.2 Å². The summed E-state index contributed by atoms with van der Waals surface area (Å²) in [6.45, 7) is -0.103. The maximum absolute atomic E-state index is 15.6. The lowest BCUT2D eigenvalue weighted by Crippen LogP contribution is -2.35. The number of benzene rings is 2. The van der Waals surface area contributed by atoms with Gasteiger partial charge in [0.25, 0.3) is 11.8 Å². The molecule has 2 heterocycles. The van der Waals surface area contributed by atoms with Gasteiger partial charge in [0.2, 0.25) is 0 Å². The molecule has 4 aromatic rings. The van der Waals surface area contributed by atoms with Crippen molar-refractivity contribution in [2.45, 2.75) is 62.5 Å². The highest BCUT2D eigenvalue weighted by molar-refractivity contribution is 6.31. The van der Waals surface area contributed by atoms with Crippen LogP contribution >= 0.6 is 11.6 Å². The number of alkyl halides is 2. The Hall–Kier alpha value is -4.26. The number of aromatic nitrogens is 3. The summed E-state index contributed by atoms with van der Waals surface area (Å²) in [4.78, 5) is 29.4. The first kappa shape index (κ1) is 30.4. The first-order chi connectivity index (χ1) is 21.9. The van der Waals surface area contributed by atoms with Gasteiger partial charge in [-0.25, -0.2) is 18.2 Å². The van der Waals surface area contributed by atoms with E-state index in [1.807, 2.05) is 10.9 Å². The van der Waals surface area contributed by atoms with E-state index in [9.17, 15) is 22.8 Å². The van der Waals surface area contributed by atoms with Gasteiger partial charge in [-0.3, -0.25) is 14.3 Å². The summed E-state index contributed by atoms with van der Waals surface area (Å²) in [5.41, 5.74) is 2.73. The molecule has 3 fully saturated rings. The van der Waals surface area contributed by atoms with Crippen molar-refractivity contribution in [1.82, 2.24) is 20.1 Å². The van der Waals surface area contributed by atoms with Crippen LogP contribution in [0.4, 0.5) is 22.0 Å². The van der Waals surface area contributed by atoms with Crippen LogP contribution in [-0.2, 0) is 10.7 Å². The largest absolute Gasteiger partial charge is 0.488 e. The van der Waals surface area contributed by atoms with E-state index < -0.39 is 62.9 Å². The normalized spacial score (nSPS) is 17.3. The monoisotopic (exact) mass is 659 g/mol. The molecular formula is C32H27ClF5N5O3. The Balaban J connectivity index is 1.23. The number of rotatable bonds is 11. The molecule has 7 rings (SSSR count). The minimum Gasteiger partial charge on any atom is -0.488 e. The molecule has 3 saturated carbocycles. The van der Waals surface area contributed by atoms with Crippen molar-refractivity contribution in [2.75, 3.05) is 6.54 Å². The van der Waals surface area contributed by atoms with Gasteiger partial charge >= 0.3 is 5.92 Å². The number of hydrogen-bond acceptors (Lipinski definition) is 5. The molecule has 0 bridgehead atoms. The van der Waals surface area contributed by atoms with Crippen LogP contribution in [0.15, 0.2) is 36.5 Å². The lowest BCUT2D eigenvalue weighted by Gasteiger charge is -2.22. The Morgan fingerprint density at radius 1 is 1.07 bits per heavy atom. The molecule has 2 aromatic carbocycles. The van der Waals surface area contributed by atoms with Crippen LogP contribution in [0.2, 0.25) is 5.02 Å². The van der Waals surface area contributed by atoms with E-state index in [2.05, 4.69) is 15.4 Å². The fourth-order valence-electron chi connectivity index (χ4n) is 5.54. The molecule has 8 nitrogen and oxygen atoms in total. The van der Waals surface area contributed by atoms with Crippen molar-refractivity contribution in [2.24, 2.45) is 11.7 Å². The summed E-state index contributed by atoms with van der Waals surface area (Å²) in [5, 5.41) is 7.24. The van der Waals surface area contributed by atoms with E-state index >= 15 is 8.78 Å². The number of amides is 2. The van der Waals surface area contributed by atoms with Gasteiger partial charge in [-0.05, 0) is 74.8 Å². The molecular weight excluding hydrogens is 633 g/mol. The lowest BCUT2D eigenvalue weighted by molar-refractivity contribution is -0.143. The fraction of sp³-hybridized carbons (Fsp3) is 0.375. The molecule has 1 atom stereocenters. The SMILES string of the molecule is NC(=O)C(F)(F)c1cc([C@@H](CNC(=O)c2cc(OC3CC3)c3nn(C4CC4)cc3c2)C2CC2)nc(-c2ccc(F)c(Cl)c2F)c1F. The van der Waals surface area contributed by atoms with E-state index in [4.69, 9.17) is 22.1 Å². The van der Waals surface area contributed by atoms with Gasteiger partial charge in [0.1, 0.15) is 27.8 Å². The third kappa shape index (κ3) is 5.65. The van der Waals surface area contributed by atoms with Crippen LogP contribution in [0, 0.1) is 23.4 Å². The summed E-state index contributed by atoms with van der Waals surface area (Å²) in [7, 11) is 0. The van der Waals surface area contributed by atoms with E-state index in [1.54, 1.807) is 12.1 Å². The van der Waals surface area contributed by atoms with Gasteiger partial charge < -0.3 is 15.8 Å². The molecule has 0 saturated heterocycles. The third-order valence-corrected chi connectivity index (χ3v) is 8.91. The molecule has 2 aromatic heterocycles. The predicted molar refractivity (Wildman–Crippen MR) is 157 cm³/mol. The molecule has 240 valence electrons. The maximum Gasteiger partial charge on any atom is 0.352 e. The molecule has 0 unspecified atom stereocenters. The van der Waals surface area contributed by atoms with Crippen molar-refractivity contribution in [3.63, 3.8) is 0 Å². The molecule has 46 heavy (non-hydrogen) atoms. The second-order valence-corrected chi connectivity index (χ2v) is 12.5. The van der Waals surface area contributed by atoms with Crippen LogP contribution < -0.4 is 15.8 Å². The number of carbonyl (C=O) groups is 2. The standard InChI is InChI=1S/C32H27ClF5N5O3/c33-25-22(34)8-7-19(26(25)35)29-27(36)21(32(37,38)31(39)45)11-23(41-29)20(14-1-2-14)12-40-30(44)15-9-16-13-43(17-3-4-17)42-28(16)24(10-15)46-18-5-6-18/h7-11,13-14,17-18,20H,1-6,12H2,(H2,39,45)(H,40,44)/t20-/m0/s1. The Morgan fingerprint density at radius 3 is 2.46 bits per heavy atom. The number of nitrogens with zero attached hydrogens (tertiary/aromatic N) is 3. The van der Waals surface area contributed by atoms with E-state index in [0.29, 0.717) is 41.8 Å². The van der Waals surface area contributed by atoms with Crippen molar-refractivity contribution in [3.8, 4) is 17.0 Å². The number of ether oxygens (including phenoxy) is 1. The van der Waals surface area contributed by atoms with Gasteiger partial charge in [0.15, 0.2) is 11.6 Å². The topological polar surface area (TPSA) is 112 Å². The number of nitrogens with one attached hydrogen (secondary N) is 1. The molecule has 3 aliphatic rings. The second kappa shape index (κ2) is 11.2. The van der Waals surface area contributed by atoms with Gasteiger partial charge in [-0.15, -0.1) is 0 Å². The Bertz CT molecular complexity index is 1900. The quantitative estimate of drug-likeness (QED) is 0.140. The second-order valence-electron chi connectivity index (χ2n) is 12.1. The number of nitrogens with two attached hydrogens (primary N) is 1. The number of carbonyl (C=O) groups excluding carboxylic acids is 2. The highest BCUT2D eigenvalue weighted by Gasteiger charge is 2.44.